The van der Waals surface area contributed by atoms with Gasteiger partial charge in [-0.15, -0.1) is 5.10 Å². The highest BCUT2D eigenvalue weighted by Crippen LogP contribution is 2.40. The number of nitrogens with one attached hydrogen (secondary N) is 1. The van der Waals surface area contributed by atoms with E-state index in [4.69, 9.17) is 9.47 Å². The first-order valence-electron chi connectivity index (χ1n) is 16.7. The normalized spacial score (nSPS) is 17.0. The molecule has 1 aromatic heterocycles. The smallest absolute Gasteiger partial charge is 0.257 e. The zero-order valence-corrected chi connectivity index (χ0v) is 29.0. The van der Waals surface area contributed by atoms with Crippen LogP contribution in [-0.4, -0.2) is 43.1 Å². The van der Waals surface area contributed by atoms with Crippen LogP contribution in [0.1, 0.15) is 51.4 Å². The molecule has 1 saturated heterocycles. The minimum atomic E-state index is -2.34. The number of aliphatic hydroxyl groups is 1. The number of nitrogens with zero attached hydrogens (tertiary/aromatic N) is 4. The van der Waals surface area contributed by atoms with Gasteiger partial charge in [0.15, 0.2) is 29.6 Å². The molecule has 0 spiro atoms. The molecule has 1 fully saturated rings. The van der Waals surface area contributed by atoms with Crippen LogP contribution in [0.15, 0.2) is 108 Å². The molecular formula is C39H30F5N5O4S. The lowest BCUT2D eigenvalue weighted by Gasteiger charge is -2.36. The Bertz CT molecular complexity index is 2230. The summed E-state index contributed by atoms with van der Waals surface area (Å²) in [6.45, 7) is -0.352. The van der Waals surface area contributed by atoms with Gasteiger partial charge in [0.2, 0.25) is 11.0 Å². The Labute approximate surface area is 309 Å². The predicted molar refractivity (Wildman–Crippen MR) is 188 cm³/mol. The molecule has 0 saturated carbocycles. The Kier molecular flexibility index (Phi) is 11.1. The lowest BCUT2D eigenvalue weighted by molar-refractivity contribution is -0.245. The van der Waals surface area contributed by atoms with E-state index < -0.39 is 46.8 Å². The molecule has 1 aliphatic rings. The Hall–Kier alpha value is -5.48. The summed E-state index contributed by atoms with van der Waals surface area (Å²) in [6.07, 6.45) is -0.841. The SMILES string of the molecule is O=C(NCc1ccccc1-c1ccc([C@@H]2O[C@H](CSc3nnnn3-c3ccccc3)C[C@H](c3ccc(CO)cc3)O2)cc1)c1c(F)c(F)c(F)c(F)c1F. The molecule has 9 nitrogen and oxygen atoms in total. The fourth-order valence-electron chi connectivity index (χ4n) is 6.03. The summed E-state index contributed by atoms with van der Waals surface area (Å²) < 4.78 is 84.1. The van der Waals surface area contributed by atoms with E-state index in [1.807, 2.05) is 78.9 Å². The van der Waals surface area contributed by atoms with E-state index in [-0.39, 0.29) is 25.4 Å². The van der Waals surface area contributed by atoms with Crippen molar-refractivity contribution in [2.24, 2.45) is 0 Å². The Morgan fingerprint density at radius 2 is 1.44 bits per heavy atom. The molecule has 0 bridgehead atoms. The summed E-state index contributed by atoms with van der Waals surface area (Å²) in [7, 11) is 0. The first kappa shape index (κ1) is 36.9. The summed E-state index contributed by atoms with van der Waals surface area (Å²) in [5, 5.41) is 24.6. The van der Waals surface area contributed by atoms with Crippen LogP contribution in [-0.2, 0) is 22.6 Å². The van der Waals surface area contributed by atoms with E-state index in [0.29, 0.717) is 34.0 Å². The average Bonchev–Trinajstić information content (AvgIpc) is 3.70. The van der Waals surface area contributed by atoms with E-state index in [1.165, 1.54) is 11.8 Å². The zero-order chi connectivity index (χ0) is 37.8. The van der Waals surface area contributed by atoms with Gasteiger partial charge >= 0.3 is 0 Å². The van der Waals surface area contributed by atoms with Gasteiger partial charge in [-0.2, -0.15) is 4.68 Å². The second-order valence-electron chi connectivity index (χ2n) is 12.3. The highest BCUT2D eigenvalue weighted by Gasteiger charge is 2.33. The van der Waals surface area contributed by atoms with Gasteiger partial charge in [0.05, 0.1) is 24.5 Å². The molecule has 5 aromatic carbocycles. The molecule has 2 heterocycles. The van der Waals surface area contributed by atoms with E-state index in [0.717, 1.165) is 22.4 Å². The third-order valence-corrected chi connectivity index (χ3v) is 9.89. The highest BCUT2D eigenvalue weighted by molar-refractivity contribution is 7.99. The number of ether oxygens (including phenoxy) is 2. The first-order chi connectivity index (χ1) is 26.2. The Balaban J connectivity index is 1.09. The van der Waals surface area contributed by atoms with Gasteiger partial charge in [-0.3, -0.25) is 4.79 Å². The third-order valence-electron chi connectivity index (χ3n) is 8.84. The molecular weight excluding hydrogens is 730 g/mol. The van der Waals surface area contributed by atoms with Crippen molar-refractivity contribution in [1.29, 1.82) is 0 Å². The molecule has 2 N–H and O–H groups in total. The molecule has 7 rings (SSSR count). The van der Waals surface area contributed by atoms with E-state index >= 15 is 0 Å². The van der Waals surface area contributed by atoms with Gasteiger partial charge in [-0.05, 0) is 50.4 Å². The monoisotopic (exact) mass is 759 g/mol. The van der Waals surface area contributed by atoms with Crippen LogP contribution in [0.4, 0.5) is 22.0 Å². The maximum absolute atomic E-state index is 14.3. The number of halogens is 5. The van der Waals surface area contributed by atoms with Crippen LogP contribution in [0, 0.1) is 29.1 Å². The minimum absolute atomic E-state index is 0.0832. The number of para-hydroxylation sites is 1. The molecule has 1 amide bonds. The highest BCUT2D eigenvalue weighted by atomic mass is 32.2. The van der Waals surface area contributed by atoms with Gasteiger partial charge in [0.25, 0.3) is 5.91 Å². The lowest BCUT2D eigenvalue weighted by Crippen LogP contribution is -2.31. The summed E-state index contributed by atoms with van der Waals surface area (Å²) >= 11 is 1.45. The molecule has 276 valence electrons. The van der Waals surface area contributed by atoms with Crippen molar-refractivity contribution in [3.8, 4) is 16.8 Å². The molecule has 54 heavy (non-hydrogen) atoms. The summed E-state index contributed by atoms with van der Waals surface area (Å²) in [4.78, 5) is 12.6. The second-order valence-corrected chi connectivity index (χ2v) is 13.3. The van der Waals surface area contributed by atoms with Crippen LogP contribution >= 0.6 is 11.8 Å². The number of tetrazole rings is 1. The summed E-state index contributed by atoms with van der Waals surface area (Å²) in [5.74, 6) is -12.1. The summed E-state index contributed by atoms with van der Waals surface area (Å²) in [5.41, 5.74) is 3.56. The second kappa shape index (κ2) is 16.3. The number of carbonyl (C=O) groups is 1. The fraction of sp³-hybridized carbons (Fsp3) is 0.179. The number of carbonyl (C=O) groups excluding carboxylic acids is 1. The van der Waals surface area contributed by atoms with Crippen LogP contribution in [0.5, 0.6) is 0 Å². The first-order valence-corrected chi connectivity index (χ1v) is 17.7. The number of hydrogen-bond acceptors (Lipinski definition) is 8. The minimum Gasteiger partial charge on any atom is -0.392 e. The standard InChI is InChI=1S/C39H30F5N5O4S/c40-32-31(33(41)35(43)36(44)34(32)42)37(51)45-19-26-6-4-5-9-29(26)23-14-16-25(17-15-23)38-52-28(18-30(53-38)24-12-10-22(20-50)11-13-24)21-54-39-46-47-48-49(39)27-7-2-1-3-8-27/h1-17,28,30,38,50H,18-21H2,(H,45,51)/t28-,30+,38+/m0/s1. The van der Waals surface area contributed by atoms with E-state index in [1.54, 1.807) is 28.9 Å². The van der Waals surface area contributed by atoms with Gasteiger partial charge < -0.3 is 19.9 Å². The van der Waals surface area contributed by atoms with Gasteiger partial charge in [0.1, 0.15) is 5.56 Å². The van der Waals surface area contributed by atoms with E-state index in [9.17, 15) is 31.9 Å². The number of aromatic nitrogens is 4. The van der Waals surface area contributed by atoms with E-state index in [2.05, 4.69) is 20.8 Å². The Morgan fingerprint density at radius 3 is 2.15 bits per heavy atom. The van der Waals surface area contributed by atoms with Crippen molar-refractivity contribution >= 4 is 17.7 Å². The van der Waals surface area contributed by atoms with Crippen LogP contribution in [0.2, 0.25) is 0 Å². The van der Waals surface area contributed by atoms with Crippen molar-refractivity contribution in [3.05, 3.63) is 160 Å². The number of hydrogen-bond donors (Lipinski definition) is 2. The van der Waals surface area contributed by atoms with Gasteiger partial charge in [-0.25, -0.2) is 22.0 Å². The fourth-order valence-corrected chi connectivity index (χ4v) is 6.94. The number of aliphatic hydroxyl groups excluding tert-OH is 1. The third kappa shape index (κ3) is 7.75. The summed E-state index contributed by atoms with van der Waals surface area (Å²) in [6, 6.07) is 31.3. The van der Waals surface area contributed by atoms with Crippen LogP contribution in [0.25, 0.3) is 16.8 Å². The van der Waals surface area contributed by atoms with Crippen molar-refractivity contribution in [1.82, 2.24) is 25.5 Å². The lowest BCUT2D eigenvalue weighted by atomic mass is 9.97. The van der Waals surface area contributed by atoms with Crippen LogP contribution in [0.3, 0.4) is 0 Å². The molecule has 15 heteroatoms. The molecule has 0 radical (unpaired) electrons. The maximum atomic E-state index is 14.3. The molecule has 1 aliphatic heterocycles. The number of rotatable bonds is 11. The average molecular weight is 760 g/mol. The van der Waals surface area contributed by atoms with Crippen molar-refractivity contribution in [2.75, 3.05) is 5.75 Å². The van der Waals surface area contributed by atoms with Crippen LogP contribution < -0.4 is 5.32 Å². The number of thioether (sulfide) groups is 1. The number of amides is 1. The van der Waals surface area contributed by atoms with Gasteiger partial charge in [-0.1, -0.05) is 103 Å². The van der Waals surface area contributed by atoms with Crippen molar-refractivity contribution in [3.63, 3.8) is 0 Å². The van der Waals surface area contributed by atoms with Crippen molar-refractivity contribution < 1.29 is 41.3 Å². The predicted octanol–water partition coefficient (Wildman–Crippen LogP) is 7.78. The van der Waals surface area contributed by atoms with Gasteiger partial charge in [0, 0.05) is 24.3 Å². The molecule has 0 unspecified atom stereocenters. The topological polar surface area (TPSA) is 111 Å². The number of benzene rings is 5. The molecule has 6 aromatic rings. The maximum Gasteiger partial charge on any atom is 0.257 e. The largest absolute Gasteiger partial charge is 0.392 e. The molecule has 3 atom stereocenters. The Morgan fingerprint density at radius 1 is 0.796 bits per heavy atom. The zero-order valence-electron chi connectivity index (χ0n) is 28.1. The quantitative estimate of drug-likeness (QED) is 0.0597. The molecule has 0 aliphatic carbocycles. The van der Waals surface area contributed by atoms with Crippen molar-refractivity contribution in [2.45, 2.75) is 43.2 Å².